The molecule has 3 unspecified atom stereocenters. The largest absolute Gasteiger partial charge is 0.479 e. The number of pyridine rings is 2. The molecule has 15 atom stereocenters. The van der Waals surface area contributed by atoms with Crippen molar-refractivity contribution < 1.29 is 83.9 Å². The first kappa shape index (κ1) is 87.5. The van der Waals surface area contributed by atoms with E-state index in [0.717, 1.165) is 82.6 Å². The summed E-state index contributed by atoms with van der Waals surface area (Å²) in [6.45, 7) is 25.0. The fraction of sp³-hybridized carbons (Fsp3) is 0.634. The van der Waals surface area contributed by atoms with Crippen LogP contribution in [-0.2, 0) is 56.8 Å². The van der Waals surface area contributed by atoms with Crippen molar-refractivity contribution in [1.82, 2.24) is 35.3 Å². The number of morpholine rings is 2. The standard InChI is InChI=1S/C22H25F3N4O2.C19H27NO2.C16H15F3N2O3.C11H20N2O2.C11H17NO3.3CH4/c1-12-10-29(11-19(31-12)21(30)28-17-8-14-7-13(17)9-27-14)18-5-4-16(22(23,24)25)20-15(18)3-2-6-26-20;1-19(2,3)22-18(21)20-13-16-12-17(20)11-15(16)10-9-14-7-5-4-6-8-14;1-9-7-21(8-13(24-9)15(22)23)12-5-4-11(16(17,18)19)14-10(12)3-2-6-20-14;1-11(2,3)15-10(14)13-6-7-4-8(13)5-9(7)12;1-11(2,3)15-10(14)12-6-7-4-8(12)5-9(7)13;;;/h2-6,12-14,17,19,27H,7-11H2,1H3,(H,28,30);4-8,15-17H,9-13H2,1-3H3;2-6,9,13H,7-8H2,1H3,(H,22,23);7-9H,4-6,12H2,1-3H3;7-8H,4-6H2,1-3H3;3*1H4/t12-,13-,14-,17?,19-;15?,16-,17+;9-,13-;7-,8-,9?;7-,8-;;;/m11111.../s1. The number of aromatic nitrogens is 2. The molecule has 0 spiro atoms. The molecule has 3 aromatic carbocycles. The van der Waals surface area contributed by atoms with E-state index in [2.05, 4.69) is 50.9 Å². The maximum Gasteiger partial charge on any atom is 0.418 e. The fourth-order valence-corrected chi connectivity index (χ4v) is 17.0. The first-order valence-corrected chi connectivity index (χ1v) is 37.5. The molecule has 8 heterocycles. The molecular weight excluding hydrogens is 1430 g/mol. The summed E-state index contributed by atoms with van der Waals surface area (Å²) in [4.78, 5) is 88.4. The lowest BCUT2D eigenvalue weighted by Gasteiger charge is -2.38. The van der Waals surface area contributed by atoms with Crippen LogP contribution in [-0.4, -0.2) is 196 Å². The third kappa shape index (κ3) is 21.6. The minimum absolute atomic E-state index is 0. The van der Waals surface area contributed by atoms with E-state index in [9.17, 15) is 60.2 Å². The van der Waals surface area contributed by atoms with E-state index in [4.69, 9.17) is 29.4 Å². The van der Waals surface area contributed by atoms with E-state index >= 15 is 0 Å². The smallest absolute Gasteiger partial charge is 0.418 e. The number of halogens is 6. The van der Waals surface area contributed by atoms with E-state index in [0.29, 0.717) is 89.9 Å². The number of hydrogen-bond donors (Lipinski definition) is 4. The van der Waals surface area contributed by atoms with Crippen molar-refractivity contribution >= 4 is 69.1 Å². The summed E-state index contributed by atoms with van der Waals surface area (Å²) in [5, 5.41) is 16.5. The molecule has 4 aliphatic carbocycles. The number of ether oxygens (including phenoxy) is 5. The van der Waals surface area contributed by atoms with Crippen LogP contribution in [0.5, 0.6) is 0 Å². The molecule has 110 heavy (non-hydrogen) atoms. The highest BCUT2D eigenvalue weighted by atomic mass is 19.4. The molecule has 4 saturated carbocycles. The van der Waals surface area contributed by atoms with Crippen LogP contribution in [0.3, 0.4) is 0 Å². The zero-order valence-electron chi connectivity index (χ0n) is 63.0. The van der Waals surface area contributed by atoms with Gasteiger partial charge < -0.3 is 69.7 Å². The second-order valence-electron chi connectivity index (χ2n) is 33.4. The summed E-state index contributed by atoms with van der Waals surface area (Å²) in [6.07, 6.45) is 0.881. The maximum atomic E-state index is 13.4. The summed E-state index contributed by atoms with van der Waals surface area (Å²) in [5.74, 6) is 1.51. The van der Waals surface area contributed by atoms with Gasteiger partial charge in [0.1, 0.15) is 22.6 Å². The van der Waals surface area contributed by atoms with Crippen molar-refractivity contribution in [2.45, 2.75) is 252 Å². The number of Topliss-reactive ketones (excluding diaryl/α,β-unsaturated/α-hetero) is 1. The van der Waals surface area contributed by atoms with Crippen LogP contribution < -0.4 is 26.2 Å². The quantitative estimate of drug-likeness (QED) is 0.0831. The highest BCUT2D eigenvalue weighted by Gasteiger charge is 2.50. The SMILES string of the molecule is C.C.C.CC(C)(C)OC(=O)N1C[C@H]2C[C@@H]1CC2=O.CC(C)(C)OC(=O)N1C[C@H]2C[C@@H]1CC2CCc1ccccc1.CC(C)(C)OC(=O)N1C[C@H]2C[C@@H]1CC2N.C[C@@H]1CN(c2ccc(C(F)(F)F)c3ncccc23)C[C@H](C(=O)NC2C[C@H]3C[C@@H]2CN3)O1.C[C@@H]1CN(c2ccc(C(F)(F)F)c3ncccc23)C[C@H](C(=O)O)O1. The van der Waals surface area contributed by atoms with Crippen molar-refractivity contribution in [3.8, 4) is 0 Å². The lowest BCUT2D eigenvalue weighted by Crippen LogP contribution is -2.55. The van der Waals surface area contributed by atoms with Crippen LogP contribution in [0.25, 0.3) is 21.8 Å². The number of carbonyl (C=O) groups is 6. The molecule has 8 bridgehead atoms. The van der Waals surface area contributed by atoms with Gasteiger partial charge in [0.15, 0.2) is 12.2 Å². The van der Waals surface area contributed by atoms with Crippen LogP contribution in [0, 0.1) is 29.6 Å². The number of carbonyl (C=O) groups excluding carboxylic acids is 5. The number of hydrogen-bond acceptors (Lipinski definition) is 17. The van der Waals surface area contributed by atoms with Gasteiger partial charge in [0.05, 0.1) is 47.5 Å². The maximum absolute atomic E-state index is 13.4. The predicted molar refractivity (Wildman–Crippen MR) is 410 cm³/mol. The van der Waals surface area contributed by atoms with Crippen molar-refractivity contribution in [3.05, 3.63) is 108 Å². The molecule has 608 valence electrons. The lowest BCUT2D eigenvalue weighted by atomic mass is 9.89. The minimum atomic E-state index is -4.51. The highest BCUT2D eigenvalue weighted by Crippen LogP contribution is 2.46. The number of carboxylic acids is 1. The van der Waals surface area contributed by atoms with Gasteiger partial charge in [-0.2, -0.15) is 26.3 Å². The monoisotopic (exact) mass is 1550 g/mol. The van der Waals surface area contributed by atoms with Gasteiger partial charge >= 0.3 is 36.6 Å². The molecule has 6 aliphatic heterocycles. The second kappa shape index (κ2) is 35.3. The van der Waals surface area contributed by atoms with Gasteiger partial charge in [-0.25, -0.2) is 19.2 Å². The van der Waals surface area contributed by atoms with E-state index in [1.807, 2.05) is 83.9 Å². The number of amides is 4. The lowest BCUT2D eigenvalue weighted by molar-refractivity contribution is -0.154. The number of ketones is 1. The number of aliphatic carboxylic acids is 1. The van der Waals surface area contributed by atoms with Crippen molar-refractivity contribution in [3.63, 3.8) is 0 Å². The van der Waals surface area contributed by atoms with Crippen LogP contribution in [0.2, 0.25) is 0 Å². The summed E-state index contributed by atoms with van der Waals surface area (Å²) in [5.41, 5.74) is 5.46. The number of nitrogens with two attached hydrogens (primary N) is 1. The molecule has 0 radical (unpaired) electrons. The third-order valence-corrected chi connectivity index (χ3v) is 21.7. The molecule has 22 nitrogen and oxygen atoms in total. The molecule has 6 saturated heterocycles. The summed E-state index contributed by atoms with van der Waals surface area (Å²) in [7, 11) is 0. The molecule has 10 fully saturated rings. The van der Waals surface area contributed by atoms with E-state index < -0.39 is 58.5 Å². The molecule has 10 aliphatic rings. The van der Waals surface area contributed by atoms with Crippen LogP contribution >= 0.6 is 0 Å². The molecule has 5 aromatic rings. The molecule has 28 heteroatoms. The molecular formula is C82H116F6N10O12. The average Bonchev–Trinajstić information content (AvgIpc) is 1.34. The fourth-order valence-electron chi connectivity index (χ4n) is 17.0. The van der Waals surface area contributed by atoms with Crippen LogP contribution in [0.1, 0.15) is 173 Å². The highest BCUT2D eigenvalue weighted by molar-refractivity contribution is 5.96. The van der Waals surface area contributed by atoms with Crippen molar-refractivity contribution in [1.29, 1.82) is 0 Å². The Morgan fingerprint density at radius 3 is 1.45 bits per heavy atom. The summed E-state index contributed by atoms with van der Waals surface area (Å²) in [6, 6.07) is 23.7. The normalized spacial score (nSPS) is 27.7. The molecule has 4 amide bonds. The van der Waals surface area contributed by atoms with Gasteiger partial charge in [-0.05, 0) is 212 Å². The summed E-state index contributed by atoms with van der Waals surface area (Å²) >= 11 is 0. The van der Waals surface area contributed by atoms with Crippen molar-refractivity contribution in [2.75, 3.05) is 62.2 Å². The number of alkyl halides is 6. The van der Waals surface area contributed by atoms with E-state index in [1.165, 1.54) is 42.9 Å². The zero-order chi connectivity index (χ0) is 77.4. The Kier molecular flexibility index (Phi) is 28.1. The van der Waals surface area contributed by atoms with E-state index in [-0.39, 0.29) is 107 Å². The average molecular weight is 1550 g/mol. The van der Waals surface area contributed by atoms with E-state index in [1.54, 1.807) is 41.0 Å². The Morgan fingerprint density at radius 1 is 0.564 bits per heavy atom. The Balaban J connectivity index is 0.000000176. The molecule has 2 aromatic heterocycles. The second-order valence-corrected chi connectivity index (χ2v) is 33.4. The number of aryl methyl sites for hydroxylation is 1. The number of anilines is 2. The first-order valence-electron chi connectivity index (χ1n) is 37.5. The number of piperidine rings is 4. The molecule has 15 rings (SSSR count). The number of benzene rings is 3. The summed E-state index contributed by atoms with van der Waals surface area (Å²) < 4.78 is 107. The number of fused-ring (bicyclic) bond motifs is 10. The number of carboxylic acid groups (broad SMARTS) is 1. The number of rotatable bonds is 8. The van der Waals surface area contributed by atoms with Crippen LogP contribution in [0.15, 0.2) is 91.3 Å². The van der Waals surface area contributed by atoms with Gasteiger partial charge in [-0.1, -0.05) is 52.6 Å². The Labute approximate surface area is 643 Å². The predicted octanol–water partition coefficient (Wildman–Crippen LogP) is 14.7. The number of nitrogens with one attached hydrogen (secondary N) is 2. The first-order chi connectivity index (χ1) is 50.2. The van der Waals surface area contributed by atoms with Gasteiger partial charge in [0, 0.05) is 122 Å². The van der Waals surface area contributed by atoms with Gasteiger partial charge in [0.2, 0.25) is 0 Å². The van der Waals surface area contributed by atoms with Crippen LogP contribution in [0.4, 0.5) is 52.1 Å². The van der Waals surface area contributed by atoms with Gasteiger partial charge in [0.25, 0.3) is 5.91 Å². The zero-order valence-corrected chi connectivity index (χ0v) is 63.0. The molecule has 5 N–H and O–H groups in total. The third-order valence-electron chi connectivity index (χ3n) is 21.7. The van der Waals surface area contributed by atoms with Crippen molar-refractivity contribution in [2.24, 2.45) is 35.3 Å². The van der Waals surface area contributed by atoms with Gasteiger partial charge in [-0.3, -0.25) is 19.6 Å². The number of likely N-dealkylation sites (tertiary alicyclic amines) is 3. The minimum Gasteiger partial charge on any atom is -0.479 e. The Bertz CT molecular complexity index is 4000. The Morgan fingerprint density at radius 2 is 1.05 bits per heavy atom. The number of nitrogens with zero attached hydrogens (tertiary/aromatic N) is 7. The topological polar surface area (TPSA) is 261 Å². The Hall–Kier alpha value is -8.08. The van der Waals surface area contributed by atoms with Gasteiger partial charge in [-0.15, -0.1) is 0 Å².